The van der Waals surface area contributed by atoms with Gasteiger partial charge in [-0.15, -0.1) is 0 Å². The molecule has 1 atom stereocenters. The molecule has 3 nitrogen and oxygen atoms in total. The molecular weight excluding hydrogens is 260 g/mol. The fraction of sp³-hybridized carbons (Fsp3) is 0.167. The van der Waals surface area contributed by atoms with E-state index in [1.54, 1.807) is 0 Å². The highest BCUT2D eigenvalue weighted by atomic mass is 16.1. The van der Waals surface area contributed by atoms with Crippen molar-refractivity contribution in [3.05, 3.63) is 71.4 Å². The Hall–Kier alpha value is -2.39. The topological polar surface area (TPSA) is 44.9 Å². The fourth-order valence-corrected chi connectivity index (χ4v) is 3.17. The lowest BCUT2D eigenvalue weighted by Crippen LogP contribution is -2.35. The normalized spacial score (nSPS) is 17.6. The van der Waals surface area contributed by atoms with Gasteiger partial charge < -0.3 is 10.3 Å². The maximum Gasteiger partial charge on any atom is 0.185 e. The van der Waals surface area contributed by atoms with E-state index in [1.807, 2.05) is 42.5 Å². The number of carbonyl (C=O) groups is 1. The van der Waals surface area contributed by atoms with Crippen molar-refractivity contribution in [2.75, 3.05) is 6.54 Å². The molecule has 1 aliphatic rings. The van der Waals surface area contributed by atoms with E-state index in [9.17, 15) is 4.79 Å². The molecule has 0 amide bonds. The van der Waals surface area contributed by atoms with Gasteiger partial charge in [-0.3, -0.25) is 4.79 Å². The number of hydrogen-bond acceptors (Lipinski definition) is 2. The summed E-state index contributed by atoms with van der Waals surface area (Å²) in [6.07, 6.45) is 0.956. The molecule has 2 N–H and O–H groups in total. The Morgan fingerprint density at radius 2 is 1.76 bits per heavy atom. The number of carbonyl (C=O) groups excluding carboxylic acids is 1. The molecule has 0 saturated carbocycles. The van der Waals surface area contributed by atoms with Crippen molar-refractivity contribution in [2.45, 2.75) is 12.5 Å². The van der Waals surface area contributed by atoms with Gasteiger partial charge in [0.05, 0.1) is 0 Å². The molecule has 4 rings (SSSR count). The first-order valence-corrected chi connectivity index (χ1v) is 7.27. The third kappa shape index (κ3) is 1.98. The van der Waals surface area contributed by atoms with E-state index in [4.69, 9.17) is 0 Å². The molecule has 1 unspecified atom stereocenters. The van der Waals surface area contributed by atoms with Gasteiger partial charge in [0.25, 0.3) is 0 Å². The molecule has 0 bridgehead atoms. The lowest BCUT2D eigenvalue weighted by molar-refractivity contribution is 0.0938. The zero-order valence-electron chi connectivity index (χ0n) is 11.6. The maximum atomic E-state index is 12.8. The van der Waals surface area contributed by atoms with E-state index in [2.05, 4.69) is 22.4 Å². The second-order valence-corrected chi connectivity index (χ2v) is 5.43. The standard InChI is InChI=1S/C18H16N2O/c21-18(12-6-2-1-3-7-12)17-16-14(10-11-19-17)13-8-4-5-9-15(13)20-16/h1-9,17,19-20H,10-11H2. The molecule has 2 heterocycles. The number of Topliss-reactive ketones (excluding diaryl/α,β-unsaturated/α-hetero) is 1. The lowest BCUT2D eigenvalue weighted by atomic mass is 9.94. The Labute approximate surface area is 123 Å². The Morgan fingerprint density at radius 1 is 1.00 bits per heavy atom. The number of aromatic nitrogens is 1. The minimum absolute atomic E-state index is 0.128. The van der Waals surface area contributed by atoms with Crippen molar-refractivity contribution >= 4 is 16.7 Å². The average Bonchev–Trinajstić information content (AvgIpc) is 2.94. The van der Waals surface area contributed by atoms with Crippen molar-refractivity contribution in [3.8, 4) is 0 Å². The van der Waals surface area contributed by atoms with Crippen LogP contribution in [0.25, 0.3) is 10.9 Å². The number of benzene rings is 2. The van der Waals surface area contributed by atoms with Crippen molar-refractivity contribution in [3.63, 3.8) is 0 Å². The van der Waals surface area contributed by atoms with Gasteiger partial charge in [-0.25, -0.2) is 0 Å². The summed E-state index contributed by atoms with van der Waals surface area (Å²) in [5.74, 6) is 0.128. The van der Waals surface area contributed by atoms with Crippen molar-refractivity contribution in [1.82, 2.24) is 10.3 Å². The highest BCUT2D eigenvalue weighted by Crippen LogP contribution is 2.31. The summed E-state index contributed by atoms with van der Waals surface area (Å²) in [6, 6.07) is 17.5. The number of para-hydroxylation sites is 1. The third-order valence-corrected chi connectivity index (χ3v) is 4.18. The molecule has 3 heteroatoms. The summed E-state index contributed by atoms with van der Waals surface area (Å²) in [6.45, 7) is 0.831. The quantitative estimate of drug-likeness (QED) is 0.706. The molecule has 1 aromatic heterocycles. The van der Waals surface area contributed by atoms with Gasteiger partial charge >= 0.3 is 0 Å². The van der Waals surface area contributed by atoms with Gasteiger partial charge in [0, 0.05) is 28.7 Å². The highest BCUT2D eigenvalue weighted by Gasteiger charge is 2.29. The van der Waals surface area contributed by atoms with Crippen LogP contribution in [0.3, 0.4) is 0 Å². The van der Waals surface area contributed by atoms with E-state index >= 15 is 0 Å². The molecule has 3 aromatic rings. The molecule has 2 aromatic carbocycles. The van der Waals surface area contributed by atoms with Crippen LogP contribution in [0.15, 0.2) is 54.6 Å². The number of H-pyrrole nitrogens is 1. The highest BCUT2D eigenvalue weighted by molar-refractivity contribution is 6.02. The second-order valence-electron chi connectivity index (χ2n) is 5.43. The fourth-order valence-electron chi connectivity index (χ4n) is 3.17. The number of aromatic amines is 1. The first kappa shape index (κ1) is 12.4. The van der Waals surface area contributed by atoms with Gasteiger partial charge in [0.15, 0.2) is 5.78 Å². The van der Waals surface area contributed by atoms with Gasteiger partial charge in [-0.1, -0.05) is 48.5 Å². The van der Waals surface area contributed by atoms with Crippen LogP contribution in [0.1, 0.15) is 27.7 Å². The van der Waals surface area contributed by atoms with E-state index in [-0.39, 0.29) is 11.8 Å². The molecule has 0 fully saturated rings. The molecular formula is C18H16N2O. The van der Waals surface area contributed by atoms with Crippen molar-refractivity contribution < 1.29 is 4.79 Å². The lowest BCUT2D eigenvalue weighted by Gasteiger charge is -2.23. The van der Waals surface area contributed by atoms with Crippen LogP contribution in [-0.4, -0.2) is 17.3 Å². The summed E-state index contributed by atoms with van der Waals surface area (Å²) in [7, 11) is 0. The summed E-state index contributed by atoms with van der Waals surface area (Å²) in [5, 5.41) is 4.59. The maximum absolute atomic E-state index is 12.8. The van der Waals surface area contributed by atoms with Gasteiger partial charge in [-0.2, -0.15) is 0 Å². The van der Waals surface area contributed by atoms with E-state index in [1.165, 1.54) is 10.9 Å². The van der Waals surface area contributed by atoms with Crippen LogP contribution >= 0.6 is 0 Å². The number of hydrogen-bond donors (Lipinski definition) is 2. The third-order valence-electron chi connectivity index (χ3n) is 4.18. The number of nitrogens with one attached hydrogen (secondary N) is 2. The number of rotatable bonds is 2. The summed E-state index contributed by atoms with van der Waals surface area (Å²) in [4.78, 5) is 16.2. The van der Waals surface area contributed by atoms with Crippen LogP contribution in [0.2, 0.25) is 0 Å². The summed E-state index contributed by atoms with van der Waals surface area (Å²) < 4.78 is 0. The predicted octanol–water partition coefficient (Wildman–Crippen LogP) is 3.24. The SMILES string of the molecule is O=C(c1ccccc1)C1NCCc2c1[nH]c1ccccc21. The van der Waals surface area contributed by atoms with Gasteiger partial charge in [-0.05, 0) is 18.1 Å². The van der Waals surface area contributed by atoms with Gasteiger partial charge in [0.1, 0.15) is 6.04 Å². The zero-order valence-corrected chi connectivity index (χ0v) is 11.6. The molecule has 0 aliphatic carbocycles. The molecule has 0 saturated heterocycles. The largest absolute Gasteiger partial charge is 0.356 e. The Kier molecular flexibility index (Phi) is 2.86. The van der Waals surface area contributed by atoms with Gasteiger partial charge in [0.2, 0.25) is 0 Å². The monoisotopic (exact) mass is 276 g/mol. The van der Waals surface area contributed by atoms with Crippen molar-refractivity contribution in [2.24, 2.45) is 0 Å². The molecule has 0 spiro atoms. The average molecular weight is 276 g/mol. The zero-order chi connectivity index (χ0) is 14.2. The second kappa shape index (κ2) is 4.86. The molecule has 0 radical (unpaired) electrons. The molecule has 1 aliphatic heterocycles. The minimum Gasteiger partial charge on any atom is -0.356 e. The van der Waals surface area contributed by atoms with Crippen LogP contribution in [0.4, 0.5) is 0 Å². The van der Waals surface area contributed by atoms with Crippen molar-refractivity contribution in [1.29, 1.82) is 0 Å². The molecule has 21 heavy (non-hydrogen) atoms. The minimum atomic E-state index is -0.274. The first-order chi connectivity index (χ1) is 10.3. The van der Waals surface area contributed by atoms with Crippen LogP contribution < -0.4 is 5.32 Å². The Morgan fingerprint density at radius 3 is 2.62 bits per heavy atom. The first-order valence-electron chi connectivity index (χ1n) is 7.27. The summed E-state index contributed by atoms with van der Waals surface area (Å²) >= 11 is 0. The van der Waals surface area contributed by atoms with Crippen LogP contribution in [-0.2, 0) is 6.42 Å². The predicted molar refractivity (Wildman–Crippen MR) is 83.5 cm³/mol. The van der Waals surface area contributed by atoms with Crippen LogP contribution in [0.5, 0.6) is 0 Å². The van der Waals surface area contributed by atoms with E-state index < -0.39 is 0 Å². The van der Waals surface area contributed by atoms with Crippen LogP contribution in [0, 0.1) is 0 Å². The van der Waals surface area contributed by atoms with E-state index in [0.717, 1.165) is 29.7 Å². The summed E-state index contributed by atoms with van der Waals surface area (Å²) in [5.41, 5.74) is 4.16. The molecule has 104 valence electrons. The Balaban J connectivity index is 1.82. The van der Waals surface area contributed by atoms with E-state index in [0.29, 0.717) is 0 Å². The smallest absolute Gasteiger partial charge is 0.185 e. The number of fused-ring (bicyclic) bond motifs is 3. The Bertz CT molecular complexity index is 804. The number of ketones is 1.